The van der Waals surface area contributed by atoms with E-state index in [1.165, 1.54) is 25.0 Å². The largest absolute Gasteiger partial charge is 0.313 e. The van der Waals surface area contributed by atoms with Gasteiger partial charge in [-0.3, -0.25) is 0 Å². The van der Waals surface area contributed by atoms with Crippen LogP contribution in [0.1, 0.15) is 53.9 Å². The van der Waals surface area contributed by atoms with E-state index in [0.29, 0.717) is 6.04 Å². The van der Waals surface area contributed by atoms with E-state index < -0.39 is 0 Å². The zero-order valence-corrected chi connectivity index (χ0v) is 12.0. The molecule has 0 saturated heterocycles. The molecule has 0 aromatic carbocycles. The summed E-state index contributed by atoms with van der Waals surface area (Å²) in [5.41, 5.74) is 0. The second-order valence-electron chi connectivity index (χ2n) is 4.48. The van der Waals surface area contributed by atoms with Gasteiger partial charge in [0.25, 0.3) is 0 Å². The molecule has 0 saturated carbocycles. The summed E-state index contributed by atoms with van der Waals surface area (Å²) in [6, 6.07) is 0.703. The Labute approximate surface area is 101 Å². The highest BCUT2D eigenvalue weighted by Gasteiger charge is 2.16. The second-order valence-corrected chi connectivity index (χ2v) is 5.95. The molecule has 0 bridgehead atoms. The van der Waals surface area contributed by atoms with Gasteiger partial charge in [0.2, 0.25) is 0 Å². The van der Waals surface area contributed by atoms with Gasteiger partial charge in [-0.2, -0.15) is 11.8 Å². The van der Waals surface area contributed by atoms with Crippen LogP contribution in [0.3, 0.4) is 0 Å². The minimum atomic E-state index is 0.703. The molecule has 0 aromatic heterocycles. The molecule has 3 unspecified atom stereocenters. The van der Waals surface area contributed by atoms with Crippen LogP contribution in [0.2, 0.25) is 0 Å². The predicted molar refractivity (Wildman–Crippen MR) is 73.7 cm³/mol. The summed E-state index contributed by atoms with van der Waals surface area (Å²) in [5, 5.41) is 4.43. The summed E-state index contributed by atoms with van der Waals surface area (Å²) in [6.45, 7) is 12.6. The van der Waals surface area contributed by atoms with Gasteiger partial charge >= 0.3 is 0 Å². The number of nitrogens with one attached hydrogen (secondary N) is 1. The van der Waals surface area contributed by atoms with E-state index in [-0.39, 0.29) is 0 Å². The van der Waals surface area contributed by atoms with Gasteiger partial charge in [-0.05, 0) is 25.3 Å². The number of hydrogen-bond donors (Lipinski definition) is 1. The molecule has 0 fully saturated rings. The molecule has 92 valence electrons. The lowest BCUT2D eigenvalue weighted by molar-refractivity contribution is 0.388. The normalized spacial score (nSPS) is 17.4. The number of rotatable bonds is 9. The van der Waals surface area contributed by atoms with Gasteiger partial charge in [0.1, 0.15) is 0 Å². The van der Waals surface area contributed by atoms with Crippen molar-refractivity contribution in [1.29, 1.82) is 0 Å². The van der Waals surface area contributed by atoms with Gasteiger partial charge in [0.05, 0.1) is 0 Å². The van der Waals surface area contributed by atoms with Crippen LogP contribution in [-0.4, -0.2) is 23.6 Å². The summed E-state index contributed by atoms with van der Waals surface area (Å²) in [6.07, 6.45) is 3.93. The molecule has 0 amide bonds. The van der Waals surface area contributed by atoms with Gasteiger partial charge in [-0.15, -0.1) is 0 Å². The fourth-order valence-electron chi connectivity index (χ4n) is 1.73. The third kappa shape index (κ3) is 7.24. The Morgan fingerprint density at radius 3 is 2.27 bits per heavy atom. The molecule has 2 heteroatoms. The molecule has 0 radical (unpaired) electrons. The van der Waals surface area contributed by atoms with Gasteiger partial charge in [-0.1, -0.05) is 41.0 Å². The molecule has 0 rings (SSSR count). The molecule has 0 heterocycles. The van der Waals surface area contributed by atoms with E-state index >= 15 is 0 Å². The molecule has 0 aliphatic carbocycles. The van der Waals surface area contributed by atoms with Gasteiger partial charge < -0.3 is 5.32 Å². The summed E-state index contributed by atoms with van der Waals surface area (Å²) in [4.78, 5) is 0. The highest BCUT2D eigenvalue weighted by atomic mass is 32.2. The lowest BCUT2D eigenvalue weighted by Gasteiger charge is -2.25. The molecular weight excluding hydrogens is 202 g/mol. The van der Waals surface area contributed by atoms with Crippen molar-refractivity contribution in [2.75, 3.05) is 12.3 Å². The van der Waals surface area contributed by atoms with Crippen LogP contribution in [0.15, 0.2) is 0 Å². The zero-order chi connectivity index (χ0) is 11.7. The fourth-order valence-corrected chi connectivity index (χ4v) is 2.95. The Hall–Kier alpha value is 0.310. The lowest BCUT2D eigenvalue weighted by Crippen LogP contribution is -2.37. The van der Waals surface area contributed by atoms with Crippen LogP contribution >= 0.6 is 11.8 Å². The van der Waals surface area contributed by atoms with Crippen LogP contribution in [0, 0.1) is 5.92 Å². The van der Waals surface area contributed by atoms with Crippen LogP contribution in [-0.2, 0) is 0 Å². The van der Waals surface area contributed by atoms with Crippen molar-refractivity contribution in [2.24, 2.45) is 5.92 Å². The molecule has 15 heavy (non-hydrogen) atoms. The maximum Gasteiger partial charge on any atom is 0.0183 e. The second kappa shape index (κ2) is 9.53. The number of hydrogen-bond acceptors (Lipinski definition) is 2. The maximum atomic E-state index is 3.63. The first-order chi connectivity index (χ1) is 7.15. The van der Waals surface area contributed by atoms with Crippen molar-refractivity contribution in [1.82, 2.24) is 5.32 Å². The predicted octanol–water partition coefficient (Wildman–Crippen LogP) is 3.93. The SMILES string of the molecule is CCCC(C)C(CSC(C)CC)NCC. The van der Waals surface area contributed by atoms with E-state index in [1.807, 2.05) is 0 Å². The average molecular weight is 231 g/mol. The third-order valence-electron chi connectivity index (χ3n) is 3.03. The lowest BCUT2D eigenvalue weighted by atomic mass is 9.98. The molecule has 1 nitrogen and oxygen atoms in total. The highest BCUT2D eigenvalue weighted by Crippen LogP contribution is 2.20. The Morgan fingerprint density at radius 1 is 1.13 bits per heavy atom. The zero-order valence-electron chi connectivity index (χ0n) is 11.2. The quantitative estimate of drug-likeness (QED) is 0.645. The highest BCUT2D eigenvalue weighted by molar-refractivity contribution is 7.99. The molecule has 0 spiro atoms. The molecule has 3 atom stereocenters. The fraction of sp³-hybridized carbons (Fsp3) is 1.00. The standard InChI is InChI=1S/C13H29NS/c1-6-9-11(4)13(14-8-3)10-15-12(5)7-2/h11-14H,6-10H2,1-5H3. The van der Waals surface area contributed by atoms with Crippen molar-refractivity contribution in [3.05, 3.63) is 0 Å². The molecule has 0 aliphatic heterocycles. The maximum absolute atomic E-state index is 3.63. The molecular formula is C13H29NS. The van der Waals surface area contributed by atoms with E-state index in [0.717, 1.165) is 17.7 Å². The molecule has 1 N–H and O–H groups in total. The van der Waals surface area contributed by atoms with Crippen molar-refractivity contribution < 1.29 is 0 Å². The van der Waals surface area contributed by atoms with Crippen molar-refractivity contribution >= 4 is 11.8 Å². The van der Waals surface area contributed by atoms with E-state index in [9.17, 15) is 0 Å². The first-order valence-electron chi connectivity index (χ1n) is 6.50. The first-order valence-corrected chi connectivity index (χ1v) is 7.55. The summed E-state index contributed by atoms with van der Waals surface area (Å²) in [7, 11) is 0. The van der Waals surface area contributed by atoms with Gasteiger partial charge in [-0.25, -0.2) is 0 Å². The summed E-state index contributed by atoms with van der Waals surface area (Å²) >= 11 is 2.12. The average Bonchev–Trinajstić information content (AvgIpc) is 2.23. The number of thioether (sulfide) groups is 1. The van der Waals surface area contributed by atoms with E-state index in [4.69, 9.17) is 0 Å². The first kappa shape index (κ1) is 15.3. The van der Waals surface area contributed by atoms with E-state index in [2.05, 4.69) is 51.7 Å². The van der Waals surface area contributed by atoms with Gasteiger partial charge in [0.15, 0.2) is 0 Å². The molecule has 0 aliphatic rings. The molecule has 0 aromatic rings. The van der Waals surface area contributed by atoms with Crippen LogP contribution in [0.4, 0.5) is 0 Å². The van der Waals surface area contributed by atoms with Crippen LogP contribution in [0.5, 0.6) is 0 Å². The Bertz CT molecular complexity index is 138. The summed E-state index contributed by atoms with van der Waals surface area (Å²) < 4.78 is 0. The van der Waals surface area contributed by atoms with E-state index in [1.54, 1.807) is 0 Å². The van der Waals surface area contributed by atoms with Crippen molar-refractivity contribution in [3.63, 3.8) is 0 Å². The Kier molecular flexibility index (Phi) is 9.73. The summed E-state index contributed by atoms with van der Waals surface area (Å²) in [5.74, 6) is 2.08. The topological polar surface area (TPSA) is 12.0 Å². The third-order valence-corrected chi connectivity index (χ3v) is 4.49. The minimum Gasteiger partial charge on any atom is -0.313 e. The minimum absolute atomic E-state index is 0.703. The van der Waals surface area contributed by atoms with Crippen LogP contribution in [0.25, 0.3) is 0 Å². The van der Waals surface area contributed by atoms with Crippen molar-refractivity contribution in [3.8, 4) is 0 Å². The van der Waals surface area contributed by atoms with Crippen LogP contribution < -0.4 is 5.32 Å². The van der Waals surface area contributed by atoms with Gasteiger partial charge in [0, 0.05) is 17.0 Å². The smallest absolute Gasteiger partial charge is 0.0183 e. The Balaban J connectivity index is 3.91. The van der Waals surface area contributed by atoms with Crippen molar-refractivity contribution in [2.45, 2.75) is 65.2 Å². The monoisotopic (exact) mass is 231 g/mol. The Morgan fingerprint density at radius 2 is 1.80 bits per heavy atom.